The molecule has 1 aliphatic rings. The second-order valence-electron chi connectivity index (χ2n) is 6.23. The van der Waals surface area contributed by atoms with Gasteiger partial charge in [-0.3, -0.25) is 9.52 Å². The Morgan fingerprint density at radius 2 is 2.00 bits per heavy atom. The highest BCUT2D eigenvalue weighted by Gasteiger charge is 2.22. The van der Waals surface area contributed by atoms with E-state index in [4.69, 9.17) is 0 Å². The molecule has 138 valence electrons. The molecule has 0 radical (unpaired) electrons. The summed E-state index contributed by atoms with van der Waals surface area (Å²) >= 11 is 0. The summed E-state index contributed by atoms with van der Waals surface area (Å²) < 4.78 is 41.1. The molecule has 3 rings (SSSR count). The van der Waals surface area contributed by atoms with Crippen molar-refractivity contribution in [2.24, 2.45) is 0 Å². The molecule has 1 heterocycles. The van der Waals surface area contributed by atoms with Gasteiger partial charge in [0, 0.05) is 18.2 Å². The summed E-state index contributed by atoms with van der Waals surface area (Å²) in [6.07, 6.45) is 0.831. The van der Waals surface area contributed by atoms with Crippen molar-refractivity contribution in [2.45, 2.75) is 24.3 Å². The normalized spacial score (nSPS) is 17.1. The summed E-state index contributed by atoms with van der Waals surface area (Å²) in [5.41, 5.74) is 0.808. The quantitative estimate of drug-likeness (QED) is 0.744. The standard InChI is InChI=1S/C18H20FN3O3S/c1-12-6-7-14(10-15(12)18(23)21-13-8-9-20-11-13)26(24,25)22-17-5-3-2-4-16(17)19/h2-7,10,13,20,22H,8-9,11H2,1H3,(H,21,23). The second kappa shape index (κ2) is 7.43. The number of halogens is 1. The number of aryl methyl sites for hydroxylation is 1. The summed E-state index contributed by atoms with van der Waals surface area (Å²) in [4.78, 5) is 12.4. The van der Waals surface area contributed by atoms with Crippen LogP contribution in [-0.2, 0) is 10.0 Å². The third-order valence-corrected chi connectivity index (χ3v) is 5.64. The number of hydrogen-bond donors (Lipinski definition) is 3. The Kier molecular flexibility index (Phi) is 5.24. The predicted molar refractivity (Wildman–Crippen MR) is 97.1 cm³/mol. The van der Waals surface area contributed by atoms with E-state index < -0.39 is 15.8 Å². The Balaban J connectivity index is 1.86. The summed E-state index contributed by atoms with van der Waals surface area (Å²) in [7, 11) is -4.02. The Morgan fingerprint density at radius 3 is 2.69 bits per heavy atom. The molecule has 6 nitrogen and oxygen atoms in total. The molecule has 1 saturated heterocycles. The first-order valence-electron chi connectivity index (χ1n) is 8.26. The number of carbonyl (C=O) groups excluding carboxylic acids is 1. The van der Waals surface area contributed by atoms with Crippen LogP contribution >= 0.6 is 0 Å². The molecule has 1 amide bonds. The van der Waals surface area contributed by atoms with Crippen LogP contribution in [0.4, 0.5) is 10.1 Å². The first kappa shape index (κ1) is 18.3. The summed E-state index contributed by atoms with van der Waals surface area (Å²) in [6, 6.07) is 9.81. The Morgan fingerprint density at radius 1 is 1.23 bits per heavy atom. The van der Waals surface area contributed by atoms with E-state index in [1.807, 2.05) is 0 Å². The van der Waals surface area contributed by atoms with Gasteiger partial charge in [0.1, 0.15) is 5.82 Å². The predicted octanol–water partition coefficient (Wildman–Crippen LogP) is 2.03. The largest absolute Gasteiger partial charge is 0.348 e. The molecule has 0 saturated carbocycles. The van der Waals surface area contributed by atoms with Gasteiger partial charge in [-0.15, -0.1) is 0 Å². The maximum atomic E-state index is 13.7. The van der Waals surface area contributed by atoms with Crippen LogP contribution in [0.3, 0.4) is 0 Å². The van der Waals surface area contributed by atoms with Gasteiger partial charge in [-0.2, -0.15) is 0 Å². The lowest BCUT2D eigenvalue weighted by atomic mass is 10.1. The topological polar surface area (TPSA) is 87.3 Å². The fraction of sp³-hybridized carbons (Fsp3) is 0.278. The van der Waals surface area contributed by atoms with Crippen LogP contribution in [0.2, 0.25) is 0 Å². The van der Waals surface area contributed by atoms with E-state index in [2.05, 4.69) is 15.4 Å². The van der Waals surface area contributed by atoms with Gasteiger partial charge >= 0.3 is 0 Å². The van der Waals surface area contributed by atoms with Crippen LogP contribution in [-0.4, -0.2) is 33.5 Å². The number of amides is 1. The molecule has 2 aromatic rings. The van der Waals surface area contributed by atoms with Crippen molar-refractivity contribution >= 4 is 21.6 Å². The second-order valence-corrected chi connectivity index (χ2v) is 7.91. The lowest BCUT2D eigenvalue weighted by Crippen LogP contribution is -2.36. The summed E-state index contributed by atoms with van der Waals surface area (Å²) in [5.74, 6) is -0.992. The van der Waals surface area contributed by atoms with Gasteiger partial charge in [0.2, 0.25) is 0 Å². The van der Waals surface area contributed by atoms with Crippen LogP contribution < -0.4 is 15.4 Å². The zero-order chi connectivity index (χ0) is 18.7. The highest BCUT2D eigenvalue weighted by atomic mass is 32.2. The molecule has 1 atom stereocenters. The minimum atomic E-state index is -4.02. The molecule has 0 bridgehead atoms. The van der Waals surface area contributed by atoms with Crippen LogP contribution in [0.15, 0.2) is 47.4 Å². The van der Waals surface area contributed by atoms with E-state index in [9.17, 15) is 17.6 Å². The van der Waals surface area contributed by atoms with Crippen molar-refractivity contribution in [1.82, 2.24) is 10.6 Å². The average Bonchev–Trinajstić information content (AvgIpc) is 3.10. The average molecular weight is 377 g/mol. The number of hydrogen-bond acceptors (Lipinski definition) is 4. The molecule has 2 aromatic carbocycles. The Bertz CT molecular complexity index is 925. The molecule has 0 spiro atoms. The molecule has 1 aliphatic heterocycles. The van der Waals surface area contributed by atoms with Crippen LogP contribution in [0, 0.1) is 12.7 Å². The molecule has 0 aromatic heterocycles. The highest BCUT2D eigenvalue weighted by molar-refractivity contribution is 7.92. The lowest BCUT2D eigenvalue weighted by molar-refractivity contribution is 0.0939. The van der Waals surface area contributed by atoms with Gasteiger partial charge < -0.3 is 10.6 Å². The maximum Gasteiger partial charge on any atom is 0.262 e. The third kappa shape index (κ3) is 4.03. The smallest absolute Gasteiger partial charge is 0.262 e. The zero-order valence-corrected chi connectivity index (χ0v) is 15.1. The molecular weight excluding hydrogens is 357 g/mol. The van der Waals surface area contributed by atoms with Gasteiger partial charge in [-0.25, -0.2) is 12.8 Å². The summed E-state index contributed by atoms with van der Waals surface area (Å²) in [5, 5.41) is 6.05. The van der Waals surface area contributed by atoms with E-state index in [1.165, 1.54) is 36.4 Å². The molecule has 8 heteroatoms. The Labute approximate surface area is 151 Å². The highest BCUT2D eigenvalue weighted by Crippen LogP contribution is 2.21. The number of nitrogens with one attached hydrogen (secondary N) is 3. The maximum absolute atomic E-state index is 13.7. The van der Waals surface area contributed by atoms with Crippen LogP contribution in [0.5, 0.6) is 0 Å². The minimum absolute atomic E-state index is 0.0266. The monoisotopic (exact) mass is 377 g/mol. The van der Waals surface area contributed by atoms with Gasteiger partial charge in [-0.1, -0.05) is 18.2 Å². The number of carbonyl (C=O) groups is 1. The Hall–Kier alpha value is -2.45. The number of sulfonamides is 1. The molecule has 3 N–H and O–H groups in total. The van der Waals surface area contributed by atoms with E-state index >= 15 is 0 Å². The molecule has 26 heavy (non-hydrogen) atoms. The van der Waals surface area contributed by atoms with Crippen molar-refractivity contribution in [3.05, 3.63) is 59.4 Å². The van der Waals surface area contributed by atoms with E-state index in [-0.39, 0.29) is 28.1 Å². The van der Waals surface area contributed by atoms with E-state index in [0.29, 0.717) is 12.1 Å². The number of benzene rings is 2. The van der Waals surface area contributed by atoms with Crippen molar-refractivity contribution < 1.29 is 17.6 Å². The summed E-state index contributed by atoms with van der Waals surface area (Å²) in [6.45, 7) is 3.27. The number of para-hydroxylation sites is 1. The van der Waals surface area contributed by atoms with Crippen LogP contribution in [0.1, 0.15) is 22.3 Å². The van der Waals surface area contributed by atoms with Crippen molar-refractivity contribution in [1.29, 1.82) is 0 Å². The first-order chi connectivity index (χ1) is 12.4. The fourth-order valence-corrected chi connectivity index (χ4v) is 3.89. The fourth-order valence-electron chi connectivity index (χ4n) is 2.80. The molecule has 0 aliphatic carbocycles. The van der Waals surface area contributed by atoms with Crippen molar-refractivity contribution in [3.8, 4) is 0 Å². The number of anilines is 1. The first-order valence-corrected chi connectivity index (χ1v) is 9.75. The lowest BCUT2D eigenvalue weighted by Gasteiger charge is -2.14. The minimum Gasteiger partial charge on any atom is -0.348 e. The van der Waals surface area contributed by atoms with Crippen molar-refractivity contribution in [3.63, 3.8) is 0 Å². The third-order valence-electron chi connectivity index (χ3n) is 4.28. The van der Waals surface area contributed by atoms with Gasteiger partial charge in [-0.05, 0) is 49.7 Å². The number of rotatable bonds is 5. The SMILES string of the molecule is Cc1ccc(S(=O)(=O)Nc2ccccc2F)cc1C(=O)NC1CCNC1. The molecule has 1 unspecified atom stereocenters. The van der Waals surface area contributed by atoms with Gasteiger partial charge in [0.25, 0.3) is 15.9 Å². The van der Waals surface area contributed by atoms with E-state index in [0.717, 1.165) is 13.0 Å². The zero-order valence-electron chi connectivity index (χ0n) is 14.3. The van der Waals surface area contributed by atoms with Gasteiger partial charge in [0.15, 0.2) is 0 Å². The van der Waals surface area contributed by atoms with Gasteiger partial charge in [0.05, 0.1) is 10.6 Å². The van der Waals surface area contributed by atoms with Crippen molar-refractivity contribution in [2.75, 3.05) is 17.8 Å². The van der Waals surface area contributed by atoms with Crippen LogP contribution in [0.25, 0.3) is 0 Å². The molecule has 1 fully saturated rings. The van der Waals surface area contributed by atoms with E-state index in [1.54, 1.807) is 13.0 Å². The molecular formula is C18H20FN3O3S.